The van der Waals surface area contributed by atoms with Gasteiger partial charge in [0.25, 0.3) is 0 Å². The molecule has 1 aromatic rings. The normalized spacial score (nSPS) is 15.1. The Bertz CT molecular complexity index is 359. The van der Waals surface area contributed by atoms with Crippen LogP contribution in [0.4, 0.5) is 4.79 Å². The van der Waals surface area contributed by atoms with Crippen molar-refractivity contribution in [2.24, 2.45) is 0 Å². The van der Waals surface area contributed by atoms with Crippen LogP contribution in [0.15, 0.2) is 42.6 Å². The number of carbonyl (C=O) groups excluding carboxylic acids is 1. The maximum absolute atomic E-state index is 11.6. The number of ether oxygens (including phenoxy) is 1. The zero-order valence-corrected chi connectivity index (χ0v) is 8.43. The maximum Gasteiger partial charge on any atom is 0.419 e. The first-order chi connectivity index (χ1) is 7.36. The number of hydrogen-bond acceptors (Lipinski definition) is 2. The molecule has 0 saturated heterocycles. The topological polar surface area (TPSA) is 29.5 Å². The first-order valence-electron chi connectivity index (χ1n) is 5.06. The fourth-order valence-corrected chi connectivity index (χ4v) is 1.46. The van der Waals surface area contributed by atoms with Gasteiger partial charge in [0.2, 0.25) is 0 Å². The molecule has 15 heavy (non-hydrogen) atoms. The van der Waals surface area contributed by atoms with Crippen LogP contribution in [0.2, 0.25) is 0 Å². The molecule has 0 spiro atoms. The highest BCUT2D eigenvalue weighted by Crippen LogP contribution is 2.12. The molecule has 1 heterocycles. The quantitative estimate of drug-likeness (QED) is 0.702. The summed E-state index contributed by atoms with van der Waals surface area (Å²) in [5.74, 6) is 0.585. The Hall–Kier alpha value is -1.77. The maximum atomic E-state index is 11.6. The van der Waals surface area contributed by atoms with Gasteiger partial charge < -0.3 is 4.74 Å². The zero-order valence-electron chi connectivity index (χ0n) is 8.43. The lowest BCUT2D eigenvalue weighted by Gasteiger charge is -2.20. The van der Waals surface area contributed by atoms with E-state index in [0.717, 1.165) is 19.4 Å². The van der Waals surface area contributed by atoms with Crippen LogP contribution in [0.5, 0.6) is 5.75 Å². The van der Waals surface area contributed by atoms with Crippen molar-refractivity contribution in [2.75, 3.05) is 6.54 Å². The van der Waals surface area contributed by atoms with E-state index in [1.54, 1.807) is 23.2 Å². The molecular weight excluding hydrogens is 190 g/mol. The molecule has 2 rings (SSSR count). The second-order valence-corrected chi connectivity index (χ2v) is 3.40. The van der Waals surface area contributed by atoms with Crippen molar-refractivity contribution in [3.8, 4) is 5.75 Å². The number of amides is 1. The highest BCUT2D eigenvalue weighted by Gasteiger charge is 2.14. The molecule has 1 aliphatic rings. The minimum atomic E-state index is -0.308. The van der Waals surface area contributed by atoms with E-state index in [9.17, 15) is 4.79 Å². The van der Waals surface area contributed by atoms with Crippen LogP contribution < -0.4 is 4.74 Å². The van der Waals surface area contributed by atoms with E-state index in [1.165, 1.54) is 0 Å². The molecule has 0 aromatic heterocycles. The molecule has 0 unspecified atom stereocenters. The third-order valence-corrected chi connectivity index (χ3v) is 2.24. The monoisotopic (exact) mass is 203 g/mol. The Labute approximate surface area is 89.0 Å². The average molecular weight is 203 g/mol. The van der Waals surface area contributed by atoms with Crippen LogP contribution >= 0.6 is 0 Å². The zero-order chi connectivity index (χ0) is 10.5. The van der Waals surface area contributed by atoms with Crippen LogP contribution in [0.1, 0.15) is 12.8 Å². The summed E-state index contributed by atoms with van der Waals surface area (Å²) in [7, 11) is 0. The van der Waals surface area contributed by atoms with Crippen LogP contribution in [0, 0.1) is 0 Å². The molecule has 1 amide bonds. The van der Waals surface area contributed by atoms with Crippen LogP contribution in [0.3, 0.4) is 0 Å². The third-order valence-electron chi connectivity index (χ3n) is 2.24. The summed E-state index contributed by atoms with van der Waals surface area (Å²) in [5, 5.41) is 0. The summed E-state index contributed by atoms with van der Waals surface area (Å²) in [4.78, 5) is 13.2. The summed E-state index contributed by atoms with van der Waals surface area (Å²) < 4.78 is 5.19. The minimum Gasteiger partial charge on any atom is -0.410 e. The number of benzene rings is 1. The Morgan fingerprint density at radius 3 is 2.73 bits per heavy atom. The molecule has 0 bridgehead atoms. The van der Waals surface area contributed by atoms with Crippen molar-refractivity contribution in [1.82, 2.24) is 4.90 Å². The van der Waals surface area contributed by atoms with E-state index in [4.69, 9.17) is 4.74 Å². The van der Waals surface area contributed by atoms with Gasteiger partial charge in [0, 0.05) is 12.7 Å². The van der Waals surface area contributed by atoms with Crippen molar-refractivity contribution >= 4 is 6.09 Å². The predicted octanol–water partition coefficient (Wildman–Crippen LogP) is 2.79. The lowest BCUT2D eigenvalue weighted by atomic mass is 10.2. The molecule has 3 nitrogen and oxygen atoms in total. The Morgan fingerprint density at radius 2 is 2.07 bits per heavy atom. The second kappa shape index (κ2) is 4.64. The molecule has 1 aromatic carbocycles. The van der Waals surface area contributed by atoms with Gasteiger partial charge >= 0.3 is 6.09 Å². The number of para-hydroxylation sites is 1. The molecule has 0 N–H and O–H groups in total. The van der Waals surface area contributed by atoms with Gasteiger partial charge in [-0.1, -0.05) is 24.3 Å². The van der Waals surface area contributed by atoms with Crippen LogP contribution in [-0.2, 0) is 0 Å². The lowest BCUT2D eigenvalue weighted by molar-refractivity contribution is 0.168. The smallest absolute Gasteiger partial charge is 0.410 e. The predicted molar refractivity (Wildman–Crippen MR) is 57.5 cm³/mol. The summed E-state index contributed by atoms with van der Waals surface area (Å²) in [6.07, 6.45) is 5.50. The Kier molecular flexibility index (Phi) is 3.02. The van der Waals surface area contributed by atoms with E-state index < -0.39 is 0 Å². The number of hydrogen-bond donors (Lipinski definition) is 0. The molecule has 0 aliphatic carbocycles. The molecule has 0 atom stereocenters. The molecule has 78 valence electrons. The Balaban J connectivity index is 1.97. The van der Waals surface area contributed by atoms with Gasteiger partial charge in [-0.2, -0.15) is 0 Å². The van der Waals surface area contributed by atoms with Gasteiger partial charge in [0.1, 0.15) is 5.75 Å². The van der Waals surface area contributed by atoms with Crippen molar-refractivity contribution in [3.05, 3.63) is 42.6 Å². The van der Waals surface area contributed by atoms with Gasteiger partial charge in [-0.25, -0.2) is 4.79 Å². The van der Waals surface area contributed by atoms with Gasteiger partial charge in [-0.05, 0) is 25.0 Å². The summed E-state index contributed by atoms with van der Waals surface area (Å²) in [5.41, 5.74) is 0. The molecular formula is C12H13NO2. The second-order valence-electron chi connectivity index (χ2n) is 3.40. The number of nitrogens with zero attached hydrogens (tertiary/aromatic N) is 1. The SMILES string of the molecule is O=C(Oc1ccccc1)N1C=CCCC1. The standard InChI is InChI=1S/C12H13NO2/c14-12(13-9-5-2-6-10-13)15-11-7-3-1-4-8-11/h1,3-5,7-9H,2,6,10H2. The van der Waals surface area contributed by atoms with Crippen LogP contribution in [-0.4, -0.2) is 17.5 Å². The number of carbonyl (C=O) groups is 1. The van der Waals surface area contributed by atoms with Crippen molar-refractivity contribution in [3.63, 3.8) is 0 Å². The fraction of sp³-hybridized carbons (Fsp3) is 0.250. The largest absolute Gasteiger partial charge is 0.419 e. The summed E-state index contributed by atoms with van der Waals surface area (Å²) in [6, 6.07) is 9.11. The first-order valence-corrected chi connectivity index (χ1v) is 5.06. The van der Waals surface area contributed by atoms with Crippen LogP contribution in [0.25, 0.3) is 0 Å². The molecule has 0 fully saturated rings. The van der Waals surface area contributed by atoms with Crippen molar-refractivity contribution < 1.29 is 9.53 Å². The van der Waals surface area contributed by atoms with Crippen molar-refractivity contribution in [1.29, 1.82) is 0 Å². The van der Waals surface area contributed by atoms with E-state index >= 15 is 0 Å². The van der Waals surface area contributed by atoms with Gasteiger partial charge in [-0.3, -0.25) is 4.90 Å². The lowest BCUT2D eigenvalue weighted by Crippen LogP contribution is -2.31. The number of allylic oxidation sites excluding steroid dienone is 1. The highest BCUT2D eigenvalue weighted by atomic mass is 16.6. The van der Waals surface area contributed by atoms with E-state index in [-0.39, 0.29) is 6.09 Å². The molecule has 1 aliphatic heterocycles. The van der Waals surface area contributed by atoms with Gasteiger partial charge in [-0.15, -0.1) is 0 Å². The van der Waals surface area contributed by atoms with Gasteiger partial charge in [0.05, 0.1) is 0 Å². The summed E-state index contributed by atoms with van der Waals surface area (Å²) >= 11 is 0. The molecule has 0 saturated carbocycles. The fourth-order valence-electron chi connectivity index (χ4n) is 1.46. The Morgan fingerprint density at radius 1 is 1.27 bits per heavy atom. The first kappa shape index (κ1) is 9.77. The van der Waals surface area contributed by atoms with Crippen molar-refractivity contribution in [2.45, 2.75) is 12.8 Å². The van der Waals surface area contributed by atoms with E-state index in [1.807, 2.05) is 24.3 Å². The minimum absolute atomic E-state index is 0.308. The molecule has 0 radical (unpaired) electrons. The van der Waals surface area contributed by atoms with E-state index in [2.05, 4.69) is 0 Å². The van der Waals surface area contributed by atoms with Gasteiger partial charge in [0.15, 0.2) is 0 Å². The average Bonchev–Trinajstić information content (AvgIpc) is 2.31. The summed E-state index contributed by atoms with van der Waals surface area (Å²) in [6.45, 7) is 0.738. The highest BCUT2D eigenvalue weighted by molar-refractivity contribution is 5.71. The van der Waals surface area contributed by atoms with E-state index in [0.29, 0.717) is 5.75 Å². The molecule has 3 heteroatoms. The number of rotatable bonds is 1. The third kappa shape index (κ3) is 2.59.